The van der Waals surface area contributed by atoms with Gasteiger partial charge in [-0.15, -0.1) is 0 Å². The van der Waals surface area contributed by atoms with Gasteiger partial charge in [0.2, 0.25) is 0 Å². The molecule has 2 saturated heterocycles. The van der Waals surface area contributed by atoms with Gasteiger partial charge < -0.3 is 9.64 Å². The Hall–Kier alpha value is -1.42. The fraction of sp³-hybridized carbons (Fsp3) is 0.647. The molecule has 1 aromatic heterocycles. The Morgan fingerprint density at radius 1 is 1.24 bits per heavy atom. The Balaban J connectivity index is 1.71. The zero-order valence-electron chi connectivity index (χ0n) is 13.0. The molecule has 3 rings (SSSR count). The van der Waals surface area contributed by atoms with E-state index in [1.807, 2.05) is 24.8 Å². The second-order valence-electron chi connectivity index (χ2n) is 6.41. The lowest BCUT2D eigenvalue weighted by atomic mass is 9.92. The van der Waals surface area contributed by atoms with Crippen molar-refractivity contribution in [3.8, 4) is 0 Å². The molecule has 1 amide bonds. The number of hydrogen-bond donors (Lipinski definition) is 0. The van der Waals surface area contributed by atoms with Crippen LogP contribution in [0.1, 0.15) is 53.7 Å². The first-order chi connectivity index (χ1) is 10.1. The van der Waals surface area contributed by atoms with Gasteiger partial charge in [-0.1, -0.05) is 0 Å². The van der Waals surface area contributed by atoms with Gasteiger partial charge in [-0.25, -0.2) is 0 Å². The quantitative estimate of drug-likeness (QED) is 0.798. The lowest BCUT2D eigenvalue weighted by molar-refractivity contribution is -0.00691. The van der Waals surface area contributed by atoms with Crippen molar-refractivity contribution >= 4 is 5.91 Å². The van der Waals surface area contributed by atoms with Gasteiger partial charge in [0.1, 0.15) is 0 Å². The van der Waals surface area contributed by atoms with E-state index in [-0.39, 0.29) is 11.5 Å². The highest BCUT2D eigenvalue weighted by Crippen LogP contribution is 2.35. The summed E-state index contributed by atoms with van der Waals surface area (Å²) in [7, 11) is 0. The summed E-state index contributed by atoms with van der Waals surface area (Å²) in [5, 5.41) is 0. The summed E-state index contributed by atoms with van der Waals surface area (Å²) < 4.78 is 5.98. The Morgan fingerprint density at radius 3 is 2.76 bits per heavy atom. The van der Waals surface area contributed by atoms with Gasteiger partial charge in [-0.3, -0.25) is 9.78 Å². The van der Waals surface area contributed by atoms with Crippen LogP contribution in [-0.4, -0.2) is 41.1 Å². The van der Waals surface area contributed by atoms with E-state index in [1.165, 1.54) is 0 Å². The smallest absolute Gasteiger partial charge is 0.255 e. The van der Waals surface area contributed by atoms with Crippen molar-refractivity contribution in [1.82, 2.24) is 9.88 Å². The summed E-state index contributed by atoms with van der Waals surface area (Å²) in [5.74, 6) is 0.112. The fourth-order valence-electron chi connectivity index (χ4n) is 3.46. The fourth-order valence-corrected chi connectivity index (χ4v) is 3.46. The van der Waals surface area contributed by atoms with E-state index in [0.29, 0.717) is 5.56 Å². The molecule has 4 nitrogen and oxygen atoms in total. The van der Waals surface area contributed by atoms with Crippen molar-refractivity contribution in [2.24, 2.45) is 0 Å². The van der Waals surface area contributed by atoms with Gasteiger partial charge in [0.05, 0.1) is 11.2 Å². The molecule has 0 radical (unpaired) electrons. The van der Waals surface area contributed by atoms with Crippen LogP contribution in [0.5, 0.6) is 0 Å². The number of hydrogen-bond acceptors (Lipinski definition) is 3. The largest absolute Gasteiger partial charge is 0.375 e. The second kappa shape index (κ2) is 5.76. The molecule has 0 N–H and O–H groups in total. The number of pyridine rings is 1. The van der Waals surface area contributed by atoms with Crippen LogP contribution >= 0.6 is 0 Å². The summed E-state index contributed by atoms with van der Waals surface area (Å²) in [5.41, 5.74) is 2.82. The number of carbonyl (C=O) groups is 1. The number of likely N-dealkylation sites (tertiary alicyclic amines) is 1. The normalized spacial score (nSPS) is 26.1. The minimum absolute atomic E-state index is 0.0521. The molecule has 4 heteroatoms. The third-order valence-electron chi connectivity index (χ3n) is 4.96. The predicted octanol–water partition coefficient (Wildman–Crippen LogP) is 2.87. The van der Waals surface area contributed by atoms with Crippen LogP contribution in [0, 0.1) is 13.8 Å². The zero-order chi connectivity index (χ0) is 14.9. The number of aryl methyl sites for hydroxylation is 2. The van der Waals surface area contributed by atoms with Gasteiger partial charge in [0, 0.05) is 31.6 Å². The van der Waals surface area contributed by atoms with Crippen molar-refractivity contribution in [2.75, 3.05) is 19.7 Å². The average molecular weight is 288 g/mol. The molecule has 114 valence electrons. The highest BCUT2D eigenvalue weighted by Gasteiger charge is 2.37. The topological polar surface area (TPSA) is 42.4 Å². The number of aromatic nitrogens is 1. The van der Waals surface area contributed by atoms with Crippen LogP contribution in [0.25, 0.3) is 0 Å². The van der Waals surface area contributed by atoms with E-state index < -0.39 is 0 Å². The Labute approximate surface area is 126 Å². The molecule has 1 spiro atoms. The summed E-state index contributed by atoms with van der Waals surface area (Å²) >= 11 is 0. The minimum atomic E-state index is 0.0521. The summed E-state index contributed by atoms with van der Waals surface area (Å²) in [6, 6.07) is 1.96. The molecule has 2 aliphatic heterocycles. The van der Waals surface area contributed by atoms with E-state index in [4.69, 9.17) is 4.74 Å². The van der Waals surface area contributed by atoms with Crippen LogP contribution in [0.15, 0.2) is 12.3 Å². The maximum absolute atomic E-state index is 12.7. The van der Waals surface area contributed by atoms with Crippen LogP contribution in [-0.2, 0) is 4.74 Å². The molecule has 0 unspecified atom stereocenters. The molecule has 21 heavy (non-hydrogen) atoms. The Kier molecular flexibility index (Phi) is 3.98. The Morgan fingerprint density at radius 2 is 2.05 bits per heavy atom. The third-order valence-corrected chi connectivity index (χ3v) is 4.96. The predicted molar refractivity (Wildman–Crippen MR) is 81.4 cm³/mol. The molecule has 2 aliphatic rings. The molecule has 3 heterocycles. The standard InChI is InChI=1S/C17H24N2O2/c1-13-11-15(12-18-14(13)2)16(20)19-8-3-5-17(7-9-19)6-4-10-21-17/h11-12H,3-10H2,1-2H3/t17-/m0/s1. The lowest BCUT2D eigenvalue weighted by Gasteiger charge is -2.27. The van der Waals surface area contributed by atoms with Crippen molar-refractivity contribution in [3.05, 3.63) is 29.1 Å². The van der Waals surface area contributed by atoms with Gasteiger partial charge in [0.25, 0.3) is 5.91 Å². The number of amides is 1. The van der Waals surface area contributed by atoms with Crippen LogP contribution in [0.2, 0.25) is 0 Å². The van der Waals surface area contributed by atoms with E-state index in [1.54, 1.807) is 6.20 Å². The first-order valence-corrected chi connectivity index (χ1v) is 7.96. The summed E-state index contributed by atoms with van der Waals surface area (Å²) in [6.45, 7) is 6.48. The lowest BCUT2D eigenvalue weighted by Crippen LogP contribution is -2.34. The number of nitrogens with zero attached hydrogens (tertiary/aromatic N) is 2. The third kappa shape index (κ3) is 2.95. The van der Waals surface area contributed by atoms with Crippen LogP contribution in [0.4, 0.5) is 0 Å². The first-order valence-electron chi connectivity index (χ1n) is 7.96. The molecule has 1 aromatic rings. The van der Waals surface area contributed by atoms with Crippen molar-refractivity contribution in [3.63, 3.8) is 0 Å². The Bertz CT molecular complexity index is 536. The second-order valence-corrected chi connectivity index (χ2v) is 6.41. The van der Waals surface area contributed by atoms with Gasteiger partial charge >= 0.3 is 0 Å². The van der Waals surface area contributed by atoms with Gasteiger partial charge in [-0.2, -0.15) is 0 Å². The molecular formula is C17H24N2O2. The highest BCUT2D eigenvalue weighted by molar-refractivity contribution is 5.94. The molecule has 2 fully saturated rings. The van der Waals surface area contributed by atoms with Gasteiger partial charge in [0.15, 0.2) is 0 Å². The van der Waals surface area contributed by atoms with Crippen molar-refractivity contribution < 1.29 is 9.53 Å². The SMILES string of the molecule is Cc1cc(C(=O)N2CCC[C@]3(CCCO3)CC2)cnc1C. The van der Waals surface area contributed by atoms with Crippen LogP contribution in [0.3, 0.4) is 0 Å². The number of carbonyl (C=O) groups excluding carboxylic acids is 1. The molecule has 1 atom stereocenters. The van der Waals surface area contributed by atoms with E-state index in [0.717, 1.165) is 63.1 Å². The zero-order valence-corrected chi connectivity index (χ0v) is 13.0. The summed E-state index contributed by atoms with van der Waals surface area (Å²) in [6.07, 6.45) is 7.11. The maximum Gasteiger partial charge on any atom is 0.255 e. The van der Waals surface area contributed by atoms with E-state index >= 15 is 0 Å². The average Bonchev–Trinajstić information content (AvgIpc) is 2.83. The van der Waals surface area contributed by atoms with Crippen LogP contribution < -0.4 is 0 Å². The maximum atomic E-state index is 12.7. The molecule has 0 aromatic carbocycles. The first kappa shape index (κ1) is 14.5. The highest BCUT2D eigenvalue weighted by atomic mass is 16.5. The molecule has 0 bridgehead atoms. The molecule has 0 aliphatic carbocycles. The van der Waals surface area contributed by atoms with Crippen molar-refractivity contribution in [2.45, 2.75) is 51.6 Å². The van der Waals surface area contributed by atoms with E-state index in [2.05, 4.69) is 4.98 Å². The monoisotopic (exact) mass is 288 g/mol. The number of rotatable bonds is 1. The van der Waals surface area contributed by atoms with Crippen molar-refractivity contribution in [1.29, 1.82) is 0 Å². The summed E-state index contributed by atoms with van der Waals surface area (Å²) in [4.78, 5) is 19.0. The molecule has 0 saturated carbocycles. The van der Waals surface area contributed by atoms with Gasteiger partial charge in [-0.05, 0) is 57.6 Å². The minimum Gasteiger partial charge on any atom is -0.375 e. The number of ether oxygens (including phenoxy) is 1. The molecular weight excluding hydrogens is 264 g/mol. The van der Waals surface area contributed by atoms with E-state index in [9.17, 15) is 4.79 Å².